The molecule has 0 aliphatic heterocycles. The third-order valence-electron chi connectivity index (χ3n) is 3.85. The highest BCUT2D eigenvalue weighted by atomic mass is 32.2. The van der Waals surface area contributed by atoms with Crippen molar-refractivity contribution in [2.45, 2.75) is 28.7 Å². The molecule has 0 aromatic heterocycles. The van der Waals surface area contributed by atoms with Crippen LogP contribution in [0.15, 0.2) is 58.3 Å². The molecule has 0 heterocycles. The molecular formula is C17H18N2O5S2. The van der Waals surface area contributed by atoms with Gasteiger partial charge in [0.05, 0.1) is 9.79 Å². The Balaban J connectivity index is 1.76. The average Bonchev–Trinajstić information content (AvgIpc) is 3.38. The molecule has 0 atom stereocenters. The van der Waals surface area contributed by atoms with Gasteiger partial charge in [0, 0.05) is 23.5 Å². The summed E-state index contributed by atoms with van der Waals surface area (Å²) in [4.78, 5) is 12.5. The van der Waals surface area contributed by atoms with Gasteiger partial charge in [-0.05, 0) is 55.3 Å². The van der Waals surface area contributed by atoms with Crippen LogP contribution in [-0.4, -0.2) is 35.0 Å². The van der Waals surface area contributed by atoms with Crippen LogP contribution in [0.1, 0.15) is 23.2 Å². The molecule has 3 rings (SSSR count). The Morgan fingerprint density at radius 3 is 2.19 bits per heavy atom. The fourth-order valence-electron chi connectivity index (χ4n) is 2.29. The molecule has 26 heavy (non-hydrogen) atoms. The molecule has 0 unspecified atom stereocenters. The Labute approximate surface area is 152 Å². The van der Waals surface area contributed by atoms with Gasteiger partial charge in [0.25, 0.3) is 5.91 Å². The van der Waals surface area contributed by atoms with E-state index < -0.39 is 25.8 Å². The quantitative estimate of drug-likeness (QED) is 0.776. The Kier molecular flexibility index (Phi) is 4.87. The van der Waals surface area contributed by atoms with Crippen LogP contribution in [0, 0.1) is 0 Å². The second-order valence-electron chi connectivity index (χ2n) is 6.17. The fraction of sp³-hybridized carbons (Fsp3) is 0.235. The average molecular weight is 394 g/mol. The van der Waals surface area contributed by atoms with Crippen LogP contribution < -0.4 is 10.0 Å². The van der Waals surface area contributed by atoms with Gasteiger partial charge in [0.15, 0.2) is 9.84 Å². The molecule has 0 spiro atoms. The lowest BCUT2D eigenvalue weighted by Crippen LogP contribution is -2.25. The number of hydrogen-bond acceptors (Lipinski definition) is 5. The number of carbonyl (C=O) groups excluding carboxylic acids is 1. The summed E-state index contributed by atoms with van der Waals surface area (Å²) >= 11 is 0. The van der Waals surface area contributed by atoms with Crippen molar-refractivity contribution in [1.82, 2.24) is 4.72 Å². The minimum Gasteiger partial charge on any atom is -0.322 e. The maximum absolute atomic E-state index is 12.3. The molecule has 2 N–H and O–H groups in total. The van der Waals surface area contributed by atoms with Crippen molar-refractivity contribution in [3.63, 3.8) is 0 Å². The molecule has 138 valence electrons. The highest BCUT2D eigenvalue weighted by Gasteiger charge is 2.28. The normalized spacial score (nSPS) is 14.8. The zero-order valence-electron chi connectivity index (χ0n) is 14.0. The number of carbonyl (C=O) groups is 1. The van der Waals surface area contributed by atoms with Crippen molar-refractivity contribution in [1.29, 1.82) is 0 Å². The van der Waals surface area contributed by atoms with E-state index in [-0.39, 0.29) is 21.4 Å². The Bertz CT molecular complexity index is 1040. The van der Waals surface area contributed by atoms with Gasteiger partial charge in [-0.3, -0.25) is 4.79 Å². The molecule has 1 saturated carbocycles. The zero-order valence-corrected chi connectivity index (χ0v) is 15.6. The van der Waals surface area contributed by atoms with Crippen molar-refractivity contribution in [2.24, 2.45) is 0 Å². The van der Waals surface area contributed by atoms with E-state index >= 15 is 0 Å². The van der Waals surface area contributed by atoms with E-state index in [1.165, 1.54) is 36.4 Å². The molecule has 7 nitrogen and oxygen atoms in total. The monoisotopic (exact) mass is 394 g/mol. The van der Waals surface area contributed by atoms with Crippen LogP contribution in [-0.2, 0) is 19.9 Å². The first-order valence-electron chi connectivity index (χ1n) is 7.89. The molecule has 2 aromatic carbocycles. The number of nitrogens with one attached hydrogen (secondary N) is 2. The van der Waals surface area contributed by atoms with E-state index in [4.69, 9.17) is 0 Å². The van der Waals surface area contributed by atoms with Crippen LogP contribution >= 0.6 is 0 Å². The smallest absolute Gasteiger partial charge is 0.255 e. The van der Waals surface area contributed by atoms with Gasteiger partial charge in [-0.15, -0.1) is 0 Å². The molecular weight excluding hydrogens is 376 g/mol. The highest BCUT2D eigenvalue weighted by Crippen LogP contribution is 2.23. The zero-order chi connectivity index (χ0) is 18.9. The molecule has 9 heteroatoms. The lowest BCUT2D eigenvalue weighted by Gasteiger charge is -2.09. The number of rotatable bonds is 6. The first kappa shape index (κ1) is 18.6. The summed E-state index contributed by atoms with van der Waals surface area (Å²) in [6.45, 7) is 0. The maximum Gasteiger partial charge on any atom is 0.255 e. The first-order chi connectivity index (χ1) is 12.1. The number of anilines is 1. The van der Waals surface area contributed by atoms with Gasteiger partial charge in [0.2, 0.25) is 10.0 Å². The minimum absolute atomic E-state index is 0.00777. The number of sulfonamides is 1. The number of amides is 1. The van der Waals surface area contributed by atoms with Gasteiger partial charge in [0.1, 0.15) is 0 Å². The summed E-state index contributed by atoms with van der Waals surface area (Å²) in [6, 6.07) is 11.5. The predicted molar refractivity (Wildman–Crippen MR) is 97.3 cm³/mol. The Morgan fingerprint density at radius 2 is 1.62 bits per heavy atom. The van der Waals surface area contributed by atoms with Crippen LogP contribution in [0.3, 0.4) is 0 Å². The van der Waals surface area contributed by atoms with E-state index in [1.807, 2.05) is 0 Å². The van der Waals surface area contributed by atoms with E-state index in [0.29, 0.717) is 5.69 Å². The summed E-state index contributed by atoms with van der Waals surface area (Å²) in [7, 11) is -6.95. The molecule has 0 bridgehead atoms. The highest BCUT2D eigenvalue weighted by molar-refractivity contribution is 7.90. The SMILES string of the molecule is CS(=O)(=O)c1ccc(C(=O)Nc2cccc(S(=O)(=O)NC3CC3)c2)cc1. The third kappa shape index (κ3) is 4.48. The summed E-state index contributed by atoms with van der Waals surface area (Å²) in [5.41, 5.74) is 0.600. The number of sulfone groups is 1. The molecule has 1 amide bonds. The summed E-state index contributed by atoms with van der Waals surface area (Å²) in [6.07, 6.45) is 2.75. The van der Waals surface area contributed by atoms with Crippen molar-refractivity contribution in [3.8, 4) is 0 Å². The predicted octanol–water partition coefficient (Wildman–Crippen LogP) is 1.78. The van der Waals surface area contributed by atoms with E-state index in [2.05, 4.69) is 10.0 Å². The molecule has 0 radical (unpaired) electrons. The summed E-state index contributed by atoms with van der Waals surface area (Å²) < 4.78 is 50.0. The lowest BCUT2D eigenvalue weighted by atomic mass is 10.2. The Morgan fingerprint density at radius 1 is 0.962 bits per heavy atom. The Hall–Kier alpha value is -2.23. The topological polar surface area (TPSA) is 109 Å². The van der Waals surface area contributed by atoms with E-state index in [9.17, 15) is 21.6 Å². The van der Waals surface area contributed by atoms with Crippen LogP contribution in [0.25, 0.3) is 0 Å². The minimum atomic E-state index is -3.61. The van der Waals surface area contributed by atoms with E-state index in [0.717, 1.165) is 19.1 Å². The second-order valence-corrected chi connectivity index (χ2v) is 9.90. The van der Waals surface area contributed by atoms with Crippen molar-refractivity contribution < 1.29 is 21.6 Å². The molecule has 1 fully saturated rings. The molecule has 2 aromatic rings. The molecule has 1 aliphatic carbocycles. The maximum atomic E-state index is 12.3. The first-order valence-corrected chi connectivity index (χ1v) is 11.3. The fourth-order valence-corrected chi connectivity index (χ4v) is 4.27. The van der Waals surface area contributed by atoms with Crippen molar-refractivity contribution in [2.75, 3.05) is 11.6 Å². The van der Waals surface area contributed by atoms with Crippen molar-refractivity contribution in [3.05, 3.63) is 54.1 Å². The summed E-state index contributed by atoms with van der Waals surface area (Å²) in [5.74, 6) is -0.463. The number of benzene rings is 2. The largest absolute Gasteiger partial charge is 0.322 e. The van der Waals surface area contributed by atoms with Crippen LogP contribution in [0.2, 0.25) is 0 Å². The standard InChI is InChI=1S/C17H18N2O5S2/c1-25(21,22)15-9-5-12(6-10-15)17(20)18-14-3-2-4-16(11-14)26(23,24)19-13-7-8-13/h2-6,9-11,13,19H,7-8H2,1H3,(H,18,20). The number of hydrogen-bond donors (Lipinski definition) is 2. The van der Waals surface area contributed by atoms with Gasteiger partial charge in [-0.25, -0.2) is 21.6 Å². The second kappa shape index (κ2) is 6.82. The van der Waals surface area contributed by atoms with E-state index in [1.54, 1.807) is 12.1 Å². The van der Waals surface area contributed by atoms with Gasteiger partial charge in [-0.2, -0.15) is 0 Å². The van der Waals surface area contributed by atoms with Gasteiger partial charge >= 0.3 is 0 Å². The van der Waals surface area contributed by atoms with Gasteiger partial charge in [-0.1, -0.05) is 6.07 Å². The van der Waals surface area contributed by atoms with Gasteiger partial charge < -0.3 is 5.32 Å². The molecule has 0 saturated heterocycles. The third-order valence-corrected chi connectivity index (χ3v) is 6.49. The lowest BCUT2D eigenvalue weighted by molar-refractivity contribution is 0.102. The van der Waals surface area contributed by atoms with Crippen molar-refractivity contribution >= 4 is 31.5 Å². The summed E-state index contributed by atoms with van der Waals surface area (Å²) in [5, 5.41) is 2.62. The molecule has 1 aliphatic rings. The van der Waals surface area contributed by atoms with Crippen LogP contribution in [0.5, 0.6) is 0 Å². The van der Waals surface area contributed by atoms with Crippen LogP contribution in [0.4, 0.5) is 5.69 Å².